The predicted octanol–water partition coefficient (Wildman–Crippen LogP) is 4.80. The monoisotopic (exact) mass is 365 g/mol. The first kappa shape index (κ1) is 18.0. The molecule has 1 atom stereocenters. The van der Waals surface area contributed by atoms with Crippen molar-refractivity contribution in [3.05, 3.63) is 101 Å². The van der Waals surface area contributed by atoms with Crippen molar-refractivity contribution in [1.29, 1.82) is 0 Å². The van der Waals surface area contributed by atoms with E-state index in [0.29, 0.717) is 5.02 Å². The highest BCUT2D eigenvalue weighted by Gasteiger charge is 2.17. The molecule has 0 bridgehead atoms. The second kappa shape index (κ2) is 8.54. The summed E-state index contributed by atoms with van der Waals surface area (Å²) in [5.41, 5.74) is 2.91. The van der Waals surface area contributed by atoms with E-state index in [2.05, 4.69) is 5.32 Å². The molecule has 0 aliphatic heterocycles. The summed E-state index contributed by atoms with van der Waals surface area (Å²) in [6.07, 6.45) is 0.286. The normalized spacial score (nSPS) is 11.6. The second-order valence-corrected chi connectivity index (χ2v) is 6.43. The molecule has 0 saturated heterocycles. The van der Waals surface area contributed by atoms with Gasteiger partial charge in [-0.2, -0.15) is 0 Å². The zero-order valence-electron chi connectivity index (χ0n) is 14.5. The van der Waals surface area contributed by atoms with Crippen molar-refractivity contribution >= 4 is 17.5 Å². The molecular formula is C22H20ClNO2. The van der Waals surface area contributed by atoms with Crippen LogP contribution in [-0.4, -0.2) is 13.0 Å². The molecule has 0 spiro atoms. The van der Waals surface area contributed by atoms with E-state index < -0.39 is 0 Å². The second-order valence-electron chi connectivity index (χ2n) is 5.99. The van der Waals surface area contributed by atoms with E-state index in [-0.39, 0.29) is 18.4 Å². The molecule has 1 amide bonds. The lowest BCUT2D eigenvalue weighted by Crippen LogP contribution is -2.30. The van der Waals surface area contributed by atoms with Gasteiger partial charge in [-0.1, -0.05) is 66.2 Å². The quantitative estimate of drug-likeness (QED) is 0.681. The van der Waals surface area contributed by atoms with Gasteiger partial charge < -0.3 is 10.1 Å². The van der Waals surface area contributed by atoms with Gasteiger partial charge in [-0.25, -0.2) is 0 Å². The van der Waals surface area contributed by atoms with Crippen LogP contribution in [0, 0.1) is 0 Å². The number of halogens is 1. The van der Waals surface area contributed by atoms with Crippen molar-refractivity contribution in [2.24, 2.45) is 0 Å². The molecule has 1 N–H and O–H groups in total. The number of carbonyl (C=O) groups excluding carboxylic acids is 1. The molecule has 0 aliphatic rings. The minimum absolute atomic E-state index is 0.0537. The fourth-order valence-corrected chi connectivity index (χ4v) is 2.97. The Morgan fingerprint density at radius 3 is 2.35 bits per heavy atom. The highest BCUT2D eigenvalue weighted by Crippen LogP contribution is 2.24. The molecule has 0 saturated carbocycles. The van der Waals surface area contributed by atoms with Crippen LogP contribution < -0.4 is 10.1 Å². The van der Waals surface area contributed by atoms with E-state index in [9.17, 15) is 4.79 Å². The fourth-order valence-electron chi connectivity index (χ4n) is 2.84. The van der Waals surface area contributed by atoms with Gasteiger partial charge in [0.1, 0.15) is 5.75 Å². The summed E-state index contributed by atoms with van der Waals surface area (Å²) >= 11 is 6.00. The first-order valence-corrected chi connectivity index (χ1v) is 8.76. The lowest BCUT2D eigenvalue weighted by Gasteiger charge is -2.20. The van der Waals surface area contributed by atoms with Gasteiger partial charge in [-0.3, -0.25) is 4.79 Å². The number of rotatable bonds is 6. The van der Waals surface area contributed by atoms with Crippen LogP contribution in [0.25, 0.3) is 0 Å². The summed E-state index contributed by atoms with van der Waals surface area (Å²) in [5, 5.41) is 3.80. The van der Waals surface area contributed by atoms with Crippen molar-refractivity contribution in [3.63, 3.8) is 0 Å². The number of nitrogens with one attached hydrogen (secondary N) is 1. The molecule has 132 valence electrons. The number of ether oxygens (including phenoxy) is 1. The zero-order chi connectivity index (χ0) is 18.4. The first-order valence-electron chi connectivity index (χ1n) is 8.38. The zero-order valence-corrected chi connectivity index (χ0v) is 15.2. The Kier molecular flexibility index (Phi) is 5.92. The summed E-state index contributed by atoms with van der Waals surface area (Å²) in [6, 6.07) is 24.8. The Morgan fingerprint density at radius 1 is 0.962 bits per heavy atom. The third-order valence-electron chi connectivity index (χ3n) is 4.14. The SMILES string of the molecule is COc1cccc(CC(=O)NC(c2ccccc2)c2ccc(Cl)cc2)c1. The molecule has 3 rings (SSSR count). The van der Waals surface area contributed by atoms with Crippen molar-refractivity contribution in [1.82, 2.24) is 5.32 Å². The Bertz CT molecular complexity index is 863. The molecule has 3 aromatic rings. The minimum Gasteiger partial charge on any atom is -0.497 e. The van der Waals surface area contributed by atoms with E-state index in [4.69, 9.17) is 16.3 Å². The predicted molar refractivity (Wildman–Crippen MR) is 105 cm³/mol. The lowest BCUT2D eigenvalue weighted by atomic mass is 9.98. The van der Waals surface area contributed by atoms with Crippen LogP contribution in [0.3, 0.4) is 0 Å². The molecular weight excluding hydrogens is 346 g/mol. The van der Waals surface area contributed by atoms with Gasteiger partial charge in [0.05, 0.1) is 19.6 Å². The van der Waals surface area contributed by atoms with E-state index in [1.54, 1.807) is 7.11 Å². The van der Waals surface area contributed by atoms with Gasteiger partial charge in [0, 0.05) is 5.02 Å². The molecule has 4 heteroatoms. The van der Waals surface area contributed by atoms with Crippen molar-refractivity contribution < 1.29 is 9.53 Å². The first-order chi connectivity index (χ1) is 12.7. The maximum atomic E-state index is 12.7. The summed E-state index contributed by atoms with van der Waals surface area (Å²) in [6.45, 7) is 0. The lowest BCUT2D eigenvalue weighted by molar-refractivity contribution is -0.120. The van der Waals surface area contributed by atoms with Crippen LogP contribution in [0.1, 0.15) is 22.7 Å². The Labute approximate surface area is 158 Å². The van der Waals surface area contributed by atoms with Gasteiger partial charge in [0.25, 0.3) is 0 Å². The maximum absolute atomic E-state index is 12.7. The molecule has 0 fully saturated rings. The molecule has 1 unspecified atom stereocenters. The Morgan fingerprint density at radius 2 is 1.65 bits per heavy atom. The van der Waals surface area contributed by atoms with Crippen molar-refractivity contribution in [2.75, 3.05) is 7.11 Å². The van der Waals surface area contributed by atoms with Crippen LogP contribution in [0.4, 0.5) is 0 Å². The van der Waals surface area contributed by atoms with Crippen LogP contribution in [0.15, 0.2) is 78.9 Å². The summed E-state index contributed by atoms with van der Waals surface area (Å²) in [5.74, 6) is 0.690. The average Bonchev–Trinajstić information content (AvgIpc) is 2.68. The number of hydrogen-bond donors (Lipinski definition) is 1. The summed E-state index contributed by atoms with van der Waals surface area (Å²) in [7, 11) is 1.62. The average molecular weight is 366 g/mol. The van der Waals surface area contributed by atoms with Gasteiger partial charge >= 0.3 is 0 Å². The molecule has 0 radical (unpaired) electrons. The smallest absolute Gasteiger partial charge is 0.225 e. The van der Waals surface area contributed by atoms with Gasteiger partial charge in [-0.15, -0.1) is 0 Å². The number of benzene rings is 3. The van der Waals surface area contributed by atoms with Gasteiger partial charge in [0.15, 0.2) is 0 Å². The van der Waals surface area contributed by atoms with Crippen LogP contribution in [0.5, 0.6) is 5.75 Å². The summed E-state index contributed by atoms with van der Waals surface area (Å²) < 4.78 is 5.22. The molecule has 0 aromatic heterocycles. The highest BCUT2D eigenvalue weighted by molar-refractivity contribution is 6.30. The summed E-state index contributed by atoms with van der Waals surface area (Å²) in [4.78, 5) is 12.7. The third-order valence-corrected chi connectivity index (χ3v) is 4.39. The number of methoxy groups -OCH3 is 1. The largest absolute Gasteiger partial charge is 0.497 e. The molecule has 3 nitrogen and oxygen atoms in total. The molecule has 3 aromatic carbocycles. The van der Waals surface area contributed by atoms with E-state index in [0.717, 1.165) is 22.4 Å². The highest BCUT2D eigenvalue weighted by atomic mass is 35.5. The van der Waals surface area contributed by atoms with Crippen molar-refractivity contribution in [3.8, 4) is 5.75 Å². The van der Waals surface area contributed by atoms with Gasteiger partial charge in [0.2, 0.25) is 5.91 Å². The third kappa shape index (κ3) is 4.64. The van der Waals surface area contributed by atoms with Crippen LogP contribution in [-0.2, 0) is 11.2 Å². The minimum atomic E-state index is -0.230. The fraction of sp³-hybridized carbons (Fsp3) is 0.136. The maximum Gasteiger partial charge on any atom is 0.225 e. The standard InChI is InChI=1S/C22H20ClNO2/c1-26-20-9-5-6-16(14-20)15-21(25)24-22(17-7-3-2-4-8-17)18-10-12-19(23)13-11-18/h2-14,22H,15H2,1H3,(H,24,25). The number of carbonyl (C=O) groups is 1. The Balaban J connectivity index is 1.81. The van der Waals surface area contributed by atoms with Crippen LogP contribution >= 0.6 is 11.6 Å². The molecule has 0 aliphatic carbocycles. The van der Waals surface area contributed by atoms with Gasteiger partial charge in [-0.05, 0) is 41.0 Å². The van der Waals surface area contributed by atoms with E-state index >= 15 is 0 Å². The molecule has 26 heavy (non-hydrogen) atoms. The number of hydrogen-bond acceptors (Lipinski definition) is 2. The number of amides is 1. The van der Waals surface area contributed by atoms with E-state index in [1.165, 1.54) is 0 Å². The van der Waals surface area contributed by atoms with E-state index in [1.807, 2.05) is 78.9 Å². The Hall–Kier alpha value is -2.78. The van der Waals surface area contributed by atoms with Crippen LogP contribution in [0.2, 0.25) is 5.02 Å². The topological polar surface area (TPSA) is 38.3 Å². The molecule has 0 heterocycles. The van der Waals surface area contributed by atoms with Crippen molar-refractivity contribution in [2.45, 2.75) is 12.5 Å².